The van der Waals surface area contributed by atoms with Crippen LogP contribution in [0.25, 0.3) is 0 Å². The van der Waals surface area contributed by atoms with Gasteiger partial charge in [-0.15, -0.1) is 0 Å². The van der Waals surface area contributed by atoms with Gasteiger partial charge >= 0.3 is 0 Å². The second kappa shape index (κ2) is 7.86. The number of carbonyl (C=O) groups is 1. The summed E-state index contributed by atoms with van der Waals surface area (Å²) in [6.07, 6.45) is 0.909. The average Bonchev–Trinajstić information content (AvgIpc) is 2.39. The first-order valence-electron chi connectivity index (χ1n) is 6.65. The zero-order chi connectivity index (χ0) is 13.5. The normalized spacial score (nSPS) is 21.5. The van der Waals surface area contributed by atoms with Crippen molar-refractivity contribution in [1.82, 2.24) is 10.2 Å². The van der Waals surface area contributed by atoms with E-state index in [2.05, 4.69) is 10.2 Å². The molecule has 3 N–H and O–H groups in total. The molecule has 6 heteroatoms. The Bertz CT molecular complexity index is 289. The number of nitrogens with one attached hydrogen (secondary N) is 1. The van der Waals surface area contributed by atoms with Gasteiger partial charge in [0.2, 0.25) is 5.91 Å². The number of rotatable bonds is 6. The van der Waals surface area contributed by atoms with E-state index in [9.17, 15) is 9.00 Å². The van der Waals surface area contributed by atoms with E-state index in [1.807, 2.05) is 13.8 Å². The fraction of sp³-hybridized carbons (Fsp3) is 0.917. The third-order valence-electron chi connectivity index (χ3n) is 3.56. The molecule has 0 radical (unpaired) electrons. The van der Waals surface area contributed by atoms with Crippen LogP contribution in [0.4, 0.5) is 0 Å². The molecule has 1 saturated heterocycles. The van der Waals surface area contributed by atoms with Crippen LogP contribution in [0, 0.1) is 5.92 Å². The maximum absolute atomic E-state index is 11.7. The third-order valence-corrected chi connectivity index (χ3v) is 4.83. The molecule has 1 amide bonds. The van der Waals surface area contributed by atoms with Crippen molar-refractivity contribution in [2.75, 3.05) is 37.7 Å². The first-order chi connectivity index (χ1) is 8.54. The minimum atomic E-state index is -0.639. The Kier molecular flexibility index (Phi) is 6.81. The van der Waals surface area contributed by atoms with Crippen LogP contribution in [0.2, 0.25) is 0 Å². The van der Waals surface area contributed by atoms with Gasteiger partial charge in [-0.2, -0.15) is 0 Å². The lowest BCUT2D eigenvalue weighted by Gasteiger charge is -2.26. The van der Waals surface area contributed by atoms with Gasteiger partial charge in [-0.05, 0) is 5.92 Å². The number of hydrogen-bond donors (Lipinski definition) is 2. The van der Waals surface area contributed by atoms with Crippen LogP contribution in [0.15, 0.2) is 0 Å². The van der Waals surface area contributed by atoms with Crippen LogP contribution >= 0.6 is 0 Å². The van der Waals surface area contributed by atoms with Crippen LogP contribution in [0.1, 0.15) is 20.3 Å². The van der Waals surface area contributed by atoms with E-state index in [0.717, 1.165) is 37.6 Å². The molecular formula is C12H25N3O2S. The molecule has 0 aromatic carbocycles. The molecule has 106 valence electrons. The number of nitrogens with two attached hydrogens (primary N) is 1. The molecule has 1 aliphatic heterocycles. The largest absolute Gasteiger partial charge is 0.353 e. The van der Waals surface area contributed by atoms with E-state index in [4.69, 9.17) is 5.73 Å². The molecule has 0 aromatic rings. The van der Waals surface area contributed by atoms with Crippen molar-refractivity contribution in [1.29, 1.82) is 0 Å². The number of amides is 1. The smallest absolute Gasteiger partial charge is 0.237 e. The molecular weight excluding hydrogens is 250 g/mol. The third kappa shape index (κ3) is 5.04. The lowest BCUT2D eigenvalue weighted by molar-refractivity contribution is -0.123. The van der Waals surface area contributed by atoms with E-state index in [0.29, 0.717) is 6.54 Å². The molecule has 0 aliphatic carbocycles. The van der Waals surface area contributed by atoms with Crippen molar-refractivity contribution >= 4 is 16.7 Å². The highest BCUT2D eigenvalue weighted by Crippen LogP contribution is 2.05. The molecule has 1 aliphatic rings. The average molecular weight is 275 g/mol. The van der Waals surface area contributed by atoms with Gasteiger partial charge in [0.25, 0.3) is 0 Å². The predicted octanol–water partition coefficient (Wildman–Crippen LogP) is -0.460. The molecule has 5 nitrogen and oxygen atoms in total. The predicted molar refractivity (Wildman–Crippen MR) is 74.8 cm³/mol. The van der Waals surface area contributed by atoms with Crippen molar-refractivity contribution in [2.45, 2.75) is 26.3 Å². The van der Waals surface area contributed by atoms with Crippen molar-refractivity contribution < 1.29 is 9.00 Å². The Morgan fingerprint density at radius 1 is 1.44 bits per heavy atom. The van der Waals surface area contributed by atoms with E-state index >= 15 is 0 Å². The minimum absolute atomic E-state index is 0.0649. The Morgan fingerprint density at radius 3 is 2.61 bits per heavy atom. The van der Waals surface area contributed by atoms with Gasteiger partial charge in [-0.1, -0.05) is 20.3 Å². The van der Waals surface area contributed by atoms with Crippen LogP contribution in [0.3, 0.4) is 0 Å². The van der Waals surface area contributed by atoms with Crippen molar-refractivity contribution in [2.24, 2.45) is 11.7 Å². The molecule has 0 unspecified atom stereocenters. The second-order valence-corrected chi connectivity index (χ2v) is 6.59. The fourth-order valence-electron chi connectivity index (χ4n) is 1.87. The number of carbonyl (C=O) groups excluding carboxylic acids is 1. The lowest BCUT2D eigenvalue weighted by atomic mass is 9.99. The summed E-state index contributed by atoms with van der Waals surface area (Å²) in [4.78, 5) is 14.0. The fourth-order valence-corrected chi connectivity index (χ4v) is 2.99. The van der Waals surface area contributed by atoms with Crippen molar-refractivity contribution in [3.05, 3.63) is 0 Å². The van der Waals surface area contributed by atoms with E-state index in [-0.39, 0.29) is 11.8 Å². The summed E-state index contributed by atoms with van der Waals surface area (Å²) < 4.78 is 11.2. The summed E-state index contributed by atoms with van der Waals surface area (Å²) >= 11 is 0. The topological polar surface area (TPSA) is 75.4 Å². The van der Waals surface area contributed by atoms with Crippen LogP contribution in [-0.2, 0) is 15.6 Å². The molecule has 0 aromatic heterocycles. The van der Waals surface area contributed by atoms with E-state index in [1.54, 1.807) is 0 Å². The maximum atomic E-state index is 11.7. The highest BCUT2D eigenvalue weighted by molar-refractivity contribution is 7.85. The van der Waals surface area contributed by atoms with Gasteiger partial charge in [-0.25, -0.2) is 0 Å². The summed E-state index contributed by atoms with van der Waals surface area (Å²) in [5, 5.41) is 2.87. The Labute approximate surface area is 112 Å². The van der Waals surface area contributed by atoms with Gasteiger partial charge in [0, 0.05) is 48.5 Å². The Hall–Kier alpha value is -0.460. The van der Waals surface area contributed by atoms with Gasteiger partial charge < -0.3 is 11.1 Å². The second-order valence-electron chi connectivity index (χ2n) is 4.89. The number of hydrogen-bond acceptors (Lipinski definition) is 4. The van der Waals surface area contributed by atoms with Crippen LogP contribution in [0.5, 0.6) is 0 Å². The number of nitrogens with zero attached hydrogens (tertiary/aromatic N) is 1. The zero-order valence-corrected chi connectivity index (χ0v) is 12.2. The van der Waals surface area contributed by atoms with Crippen molar-refractivity contribution in [3.63, 3.8) is 0 Å². The summed E-state index contributed by atoms with van der Waals surface area (Å²) in [7, 11) is -0.639. The van der Waals surface area contributed by atoms with E-state index in [1.165, 1.54) is 0 Å². The summed E-state index contributed by atoms with van der Waals surface area (Å²) in [6.45, 7) is 7.18. The SMILES string of the molecule is CC[C@H](C)[C@H](N)C(=O)NCCN1CCS(=O)CC1. The molecule has 18 heavy (non-hydrogen) atoms. The summed E-state index contributed by atoms with van der Waals surface area (Å²) in [6, 6.07) is -0.413. The first kappa shape index (κ1) is 15.6. The highest BCUT2D eigenvalue weighted by Gasteiger charge is 2.19. The Balaban J connectivity index is 2.17. The standard InChI is InChI=1S/C12H25N3O2S/c1-3-10(2)11(13)12(16)14-4-5-15-6-8-18(17)9-7-15/h10-11H,3-9,13H2,1-2H3,(H,14,16)/t10-,11-/m0/s1. The zero-order valence-electron chi connectivity index (χ0n) is 11.4. The molecule has 1 rings (SSSR count). The quantitative estimate of drug-likeness (QED) is 0.688. The molecule has 1 heterocycles. The molecule has 0 bridgehead atoms. The van der Waals surface area contributed by atoms with Gasteiger partial charge in [0.1, 0.15) is 0 Å². The molecule has 0 spiro atoms. The van der Waals surface area contributed by atoms with E-state index < -0.39 is 16.8 Å². The minimum Gasteiger partial charge on any atom is -0.353 e. The molecule has 1 fully saturated rings. The summed E-state index contributed by atoms with van der Waals surface area (Å²) in [5.74, 6) is 1.65. The lowest BCUT2D eigenvalue weighted by Crippen LogP contribution is -2.48. The first-order valence-corrected chi connectivity index (χ1v) is 8.14. The highest BCUT2D eigenvalue weighted by atomic mass is 32.2. The maximum Gasteiger partial charge on any atom is 0.237 e. The van der Waals surface area contributed by atoms with Crippen molar-refractivity contribution in [3.8, 4) is 0 Å². The van der Waals surface area contributed by atoms with Crippen LogP contribution < -0.4 is 11.1 Å². The van der Waals surface area contributed by atoms with Crippen LogP contribution in [-0.4, -0.2) is 58.7 Å². The van der Waals surface area contributed by atoms with Gasteiger partial charge in [0.15, 0.2) is 0 Å². The summed E-state index contributed by atoms with van der Waals surface area (Å²) in [5.41, 5.74) is 5.84. The van der Waals surface area contributed by atoms with Gasteiger partial charge in [0.05, 0.1) is 6.04 Å². The molecule has 0 saturated carbocycles. The molecule has 2 atom stereocenters. The monoisotopic (exact) mass is 275 g/mol. The Morgan fingerprint density at radius 2 is 2.06 bits per heavy atom. The van der Waals surface area contributed by atoms with Gasteiger partial charge in [-0.3, -0.25) is 13.9 Å².